The number of anilines is 1. The second-order valence-corrected chi connectivity index (χ2v) is 8.31. The largest absolute Gasteiger partial charge is 0.363 e. The number of rotatable bonds is 5. The van der Waals surface area contributed by atoms with Crippen LogP contribution in [0.2, 0.25) is 0 Å². The number of alkyl halides is 2. The fraction of sp³-hybridized carbons (Fsp3) is 0.350. The summed E-state index contributed by atoms with van der Waals surface area (Å²) in [5.41, 5.74) is -0.518. The van der Waals surface area contributed by atoms with E-state index >= 15 is 0 Å². The summed E-state index contributed by atoms with van der Waals surface area (Å²) in [5.74, 6) is -0.549. The highest BCUT2D eigenvalue weighted by molar-refractivity contribution is 9.10. The van der Waals surface area contributed by atoms with Gasteiger partial charge in [0.05, 0.1) is 22.5 Å². The van der Waals surface area contributed by atoms with Crippen molar-refractivity contribution in [3.05, 3.63) is 62.5 Å². The number of aromatic nitrogens is 3. The zero-order valence-electron chi connectivity index (χ0n) is 15.7. The van der Waals surface area contributed by atoms with Crippen LogP contribution in [0.3, 0.4) is 0 Å². The molecule has 152 valence electrons. The van der Waals surface area contributed by atoms with Gasteiger partial charge in [0.25, 0.3) is 12.0 Å². The quantitative estimate of drug-likeness (QED) is 0.553. The van der Waals surface area contributed by atoms with Gasteiger partial charge in [0.2, 0.25) is 0 Å². The van der Waals surface area contributed by atoms with Gasteiger partial charge in [-0.25, -0.2) is 23.1 Å². The van der Waals surface area contributed by atoms with Crippen LogP contribution in [-0.2, 0) is 5.54 Å². The van der Waals surface area contributed by atoms with E-state index in [1.165, 1.54) is 18.5 Å². The molecule has 3 aromatic rings. The van der Waals surface area contributed by atoms with Crippen LogP contribution in [0.5, 0.6) is 0 Å². The summed E-state index contributed by atoms with van der Waals surface area (Å²) >= 11 is 3.34. The summed E-state index contributed by atoms with van der Waals surface area (Å²) in [6.45, 7) is 3.66. The standard InChI is InChI=1S/C20H18BrF3N4O/c1-10(11-4-3-5-12(15(11)22)17(23)24)27-18-13-8-28(20(2)6-7-20)19(29)14(21)16(13)25-9-26-18/h3-5,8-10,17H,6-7H2,1-2H3,(H,25,26,27)/t10-/m0/s1. The molecule has 0 bridgehead atoms. The summed E-state index contributed by atoms with van der Waals surface area (Å²) in [5, 5.41) is 3.67. The third-order valence-electron chi connectivity index (χ3n) is 5.43. The molecular weight excluding hydrogens is 449 g/mol. The maximum absolute atomic E-state index is 14.5. The first-order chi connectivity index (χ1) is 13.7. The summed E-state index contributed by atoms with van der Waals surface area (Å²) in [6, 6.07) is 3.29. The number of fused-ring (bicyclic) bond motifs is 1. The Bertz CT molecular complexity index is 1160. The lowest BCUT2D eigenvalue weighted by molar-refractivity contribution is 0.146. The van der Waals surface area contributed by atoms with Crippen molar-refractivity contribution in [3.8, 4) is 0 Å². The average Bonchev–Trinajstić information content (AvgIpc) is 3.43. The fourth-order valence-electron chi connectivity index (χ4n) is 3.38. The van der Waals surface area contributed by atoms with E-state index in [0.29, 0.717) is 21.2 Å². The molecule has 0 unspecified atom stereocenters. The van der Waals surface area contributed by atoms with Gasteiger partial charge >= 0.3 is 0 Å². The second kappa shape index (κ2) is 7.12. The van der Waals surface area contributed by atoms with Crippen LogP contribution in [0.1, 0.15) is 50.3 Å². The van der Waals surface area contributed by atoms with E-state index in [2.05, 4.69) is 31.2 Å². The molecule has 0 amide bonds. The molecular formula is C20H18BrF3N4O. The predicted octanol–water partition coefficient (Wildman–Crippen LogP) is 5.31. The van der Waals surface area contributed by atoms with Gasteiger partial charge in [-0.2, -0.15) is 0 Å². The minimum atomic E-state index is -2.90. The molecule has 0 aliphatic heterocycles. The highest BCUT2D eigenvalue weighted by Crippen LogP contribution is 2.43. The van der Waals surface area contributed by atoms with Crippen LogP contribution in [0, 0.1) is 5.82 Å². The summed E-state index contributed by atoms with van der Waals surface area (Å²) < 4.78 is 42.6. The Labute approximate surface area is 173 Å². The van der Waals surface area contributed by atoms with Crippen LogP contribution in [0.25, 0.3) is 10.9 Å². The number of nitrogens with one attached hydrogen (secondary N) is 1. The lowest BCUT2D eigenvalue weighted by atomic mass is 10.0. The van der Waals surface area contributed by atoms with E-state index in [4.69, 9.17) is 0 Å². The molecule has 2 aromatic heterocycles. The zero-order valence-corrected chi connectivity index (χ0v) is 17.3. The molecule has 0 radical (unpaired) electrons. The topological polar surface area (TPSA) is 59.8 Å². The Balaban J connectivity index is 1.78. The first-order valence-electron chi connectivity index (χ1n) is 9.12. The highest BCUT2D eigenvalue weighted by atomic mass is 79.9. The average molecular weight is 467 g/mol. The third kappa shape index (κ3) is 3.41. The van der Waals surface area contributed by atoms with Gasteiger partial charge in [-0.1, -0.05) is 18.2 Å². The van der Waals surface area contributed by atoms with Crippen molar-refractivity contribution in [1.82, 2.24) is 14.5 Å². The first kappa shape index (κ1) is 19.9. The molecule has 2 heterocycles. The van der Waals surface area contributed by atoms with E-state index < -0.39 is 23.8 Å². The van der Waals surface area contributed by atoms with Crippen molar-refractivity contribution in [1.29, 1.82) is 0 Å². The van der Waals surface area contributed by atoms with Crippen LogP contribution in [0.15, 0.2) is 40.0 Å². The van der Waals surface area contributed by atoms with E-state index in [1.54, 1.807) is 17.7 Å². The lowest BCUT2D eigenvalue weighted by Gasteiger charge is -2.20. The molecule has 4 rings (SSSR count). The molecule has 1 atom stereocenters. The van der Waals surface area contributed by atoms with Crippen LogP contribution in [0.4, 0.5) is 19.0 Å². The van der Waals surface area contributed by atoms with Gasteiger partial charge in [-0.3, -0.25) is 4.79 Å². The molecule has 0 saturated heterocycles. The highest BCUT2D eigenvalue weighted by Gasteiger charge is 2.40. The Morgan fingerprint density at radius 1 is 1.24 bits per heavy atom. The molecule has 1 saturated carbocycles. The Kier molecular flexibility index (Phi) is 4.88. The predicted molar refractivity (Wildman–Crippen MR) is 108 cm³/mol. The number of hydrogen-bond donors (Lipinski definition) is 1. The van der Waals surface area contributed by atoms with Gasteiger partial charge in [0, 0.05) is 17.3 Å². The van der Waals surface area contributed by atoms with Gasteiger partial charge < -0.3 is 9.88 Å². The summed E-state index contributed by atoms with van der Waals surface area (Å²) in [6.07, 6.45) is 1.89. The van der Waals surface area contributed by atoms with Gasteiger partial charge in [-0.05, 0) is 42.6 Å². The van der Waals surface area contributed by atoms with Gasteiger partial charge in [-0.15, -0.1) is 0 Å². The molecule has 1 aromatic carbocycles. The third-order valence-corrected chi connectivity index (χ3v) is 6.14. The number of pyridine rings is 1. The molecule has 1 aliphatic carbocycles. The van der Waals surface area contributed by atoms with Crippen molar-refractivity contribution in [2.75, 3.05) is 5.32 Å². The van der Waals surface area contributed by atoms with Crippen LogP contribution in [-0.4, -0.2) is 14.5 Å². The molecule has 1 aliphatic rings. The molecule has 1 N–H and O–H groups in total. The van der Waals surface area contributed by atoms with Crippen molar-refractivity contribution in [3.63, 3.8) is 0 Å². The summed E-state index contributed by atoms with van der Waals surface area (Å²) in [7, 11) is 0. The van der Waals surface area contributed by atoms with Crippen molar-refractivity contribution in [2.45, 2.75) is 44.7 Å². The number of halogens is 4. The van der Waals surface area contributed by atoms with E-state index in [1.807, 2.05) is 6.92 Å². The van der Waals surface area contributed by atoms with Gasteiger partial charge in [0.1, 0.15) is 22.4 Å². The minimum absolute atomic E-state index is 0.108. The number of benzene rings is 1. The molecule has 9 heteroatoms. The van der Waals surface area contributed by atoms with Crippen molar-refractivity contribution >= 4 is 32.7 Å². The number of nitrogens with zero attached hydrogens (tertiary/aromatic N) is 3. The van der Waals surface area contributed by atoms with Crippen LogP contribution < -0.4 is 10.9 Å². The molecule has 29 heavy (non-hydrogen) atoms. The van der Waals surface area contributed by atoms with E-state index in [9.17, 15) is 18.0 Å². The fourth-order valence-corrected chi connectivity index (χ4v) is 3.89. The zero-order chi connectivity index (χ0) is 20.9. The maximum atomic E-state index is 14.5. The second-order valence-electron chi connectivity index (χ2n) is 7.52. The number of hydrogen-bond acceptors (Lipinski definition) is 4. The molecule has 5 nitrogen and oxygen atoms in total. The lowest BCUT2D eigenvalue weighted by Crippen LogP contribution is -2.28. The molecule has 1 fully saturated rings. The smallest absolute Gasteiger partial charge is 0.267 e. The monoisotopic (exact) mass is 466 g/mol. The Morgan fingerprint density at radius 3 is 2.59 bits per heavy atom. The minimum Gasteiger partial charge on any atom is -0.363 e. The SMILES string of the molecule is C[C@H](Nc1ncnc2c(Br)c(=O)n(C3(C)CC3)cc12)c1cccc(C(F)F)c1F. The Morgan fingerprint density at radius 2 is 1.93 bits per heavy atom. The Hall–Kier alpha value is -2.42. The van der Waals surface area contributed by atoms with E-state index in [0.717, 1.165) is 18.9 Å². The van der Waals surface area contributed by atoms with E-state index in [-0.39, 0.29) is 16.7 Å². The maximum Gasteiger partial charge on any atom is 0.267 e. The van der Waals surface area contributed by atoms with Gasteiger partial charge in [0.15, 0.2) is 0 Å². The normalized spacial score (nSPS) is 16.2. The van der Waals surface area contributed by atoms with Crippen molar-refractivity contribution in [2.24, 2.45) is 0 Å². The van der Waals surface area contributed by atoms with Crippen molar-refractivity contribution < 1.29 is 13.2 Å². The van der Waals surface area contributed by atoms with Crippen LogP contribution >= 0.6 is 15.9 Å². The molecule has 0 spiro atoms. The summed E-state index contributed by atoms with van der Waals surface area (Å²) in [4.78, 5) is 21.1. The first-order valence-corrected chi connectivity index (χ1v) is 9.91.